The highest BCUT2D eigenvalue weighted by Crippen LogP contribution is 2.52. The first-order valence-electron chi connectivity index (χ1n) is 30.8. The zero-order chi connectivity index (χ0) is 48.7. The molecule has 0 saturated heterocycles. The Morgan fingerprint density at radius 2 is 0.571 bits per heavy atom. The molecule has 0 aromatic heterocycles. The maximum Gasteiger partial charge on any atom is 0.530 e. The lowest BCUT2D eigenvalue weighted by atomic mass is 9.74. The van der Waals surface area contributed by atoms with E-state index in [1.54, 1.807) is 0 Å². The minimum Gasteiger partial charge on any atom is -0.408 e. The highest BCUT2D eigenvalue weighted by atomic mass is 31.2. The fourth-order valence-corrected chi connectivity index (χ4v) is 14.5. The van der Waals surface area contributed by atoms with Crippen molar-refractivity contribution < 1.29 is 13.6 Å². The summed E-state index contributed by atoms with van der Waals surface area (Å²) in [6, 6.07) is 27.4. The van der Waals surface area contributed by atoms with E-state index in [9.17, 15) is 0 Å². The molecule has 3 fully saturated rings. The van der Waals surface area contributed by atoms with Crippen LogP contribution in [0, 0.1) is 17.8 Å². The number of benzene rings is 3. The van der Waals surface area contributed by atoms with Crippen LogP contribution in [0.1, 0.15) is 306 Å². The minimum absolute atomic E-state index is 0.499. The van der Waals surface area contributed by atoms with Crippen LogP contribution < -0.4 is 13.6 Å². The summed E-state index contributed by atoms with van der Waals surface area (Å²) in [7, 11) is -1.84. The average Bonchev–Trinajstić information content (AvgIpc) is 3.40. The molecule has 0 spiro atoms. The Hall–Kier alpha value is -2.51. The van der Waals surface area contributed by atoms with E-state index >= 15 is 0 Å². The van der Waals surface area contributed by atoms with Gasteiger partial charge in [-0.3, -0.25) is 0 Å². The molecular weight excluding hydrogens is 872 g/mol. The molecule has 3 aromatic rings. The van der Waals surface area contributed by atoms with Crippen molar-refractivity contribution in [3.63, 3.8) is 0 Å². The van der Waals surface area contributed by atoms with Gasteiger partial charge >= 0.3 is 8.60 Å². The third-order valence-corrected chi connectivity index (χ3v) is 18.5. The Kier molecular flexibility index (Phi) is 28.2. The second-order valence-electron chi connectivity index (χ2n) is 22.9. The Balaban J connectivity index is 1.32. The Morgan fingerprint density at radius 1 is 0.329 bits per heavy atom. The van der Waals surface area contributed by atoms with Gasteiger partial charge in [0.15, 0.2) is 0 Å². The maximum absolute atomic E-state index is 7.47. The predicted octanol–water partition coefficient (Wildman–Crippen LogP) is 22.9. The second kappa shape index (κ2) is 34.8. The van der Waals surface area contributed by atoms with E-state index in [4.69, 9.17) is 13.6 Å². The van der Waals surface area contributed by atoms with E-state index in [-0.39, 0.29) is 0 Å². The monoisotopic (exact) mass is 977 g/mol. The first-order chi connectivity index (χ1) is 34.7. The van der Waals surface area contributed by atoms with Crippen LogP contribution in [0.3, 0.4) is 0 Å². The molecule has 3 unspecified atom stereocenters. The number of para-hydroxylation sites is 3. The van der Waals surface area contributed by atoms with Gasteiger partial charge in [-0.2, -0.15) is 0 Å². The van der Waals surface area contributed by atoms with Crippen molar-refractivity contribution >= 4 is 8.60 Å². The summed E-state index contributed by atoms with van der Waals surface area (Å²) in [4.78, 5) is 0. The van der Waals surface area contributed by atoms with Crippen LogP contribution in [0.4, 0.5) is 0 Å². The molecular formula is C66H105O3P. The fourth-order valence-electron chi connectivity index (χ4n) is 13.4. The van der Waals surface area contributed by atoms with Gasteiger partial charge in [-0.1, -0.05) is 268 Å². The lowest BCUT2D eigenvalue weighted by Crippen LogP contribution is -2.19. The van der Waals surface area contributed by atoms with Gasteiger partial charge in [0.25, 0.3) is 0 Å². The van der Waals surface area contributed by atoms with E-state index in [0.717, 1.165) is 17.2 Å². The quantitative estimate of drug-likeness (QED) is 0.0429. The SMILES string of the molecule is CCCCCCCCCC(c1ccccc1OP(Oc1ccccc1C(CCCCCCCCC)C1CCCCC1)Oc1ccccc1C(CCCCCCCCC)C1CCCCC1)C1CCCCC1. The van der Waals surface area contributed by atoms with Crippen molar-refractivity contribution in [1.29, 1.82) is 0 Å². The van der Waals surface area contributed by atoms with Crippen molar-refractivity contribution in [2.45, 2.75) is 289 Å². The third kappa shape index (κ3) is 19.7. The van der Waals surface area contributed by atoms with Crippen LogP contribution in [-0.2, 0) is 0 Å². The topological polar surface area (TPSA) is 27.7 Å². The Morgan fingerprint density at radius 3 is 0.843 bits per heavy atom. The molecule has 0 N–H and O–H groups in total. The van der Waals surface area contributed by atoms with Gasteiger partial charge in [-0.15, -0.1) is 0 Å². The molecule has 4 heteroatoms. The first kappa shape index (κ1) is 56.8. The highest BCUT2D eigenvalue weighted by molar-refractivity contribution is 7.43. The molecule has 0 aliphatic heterocycles. The average molecular weight is 978 g/mol. The summed E-state index contributed by atoms with van der Waals surface area (Å²) in [6.07, 6.45) is 52.4. The summed E-state index contributed by atoms with van der Waals surface area (Å²) in [5, 5.41) is 0. The number of hydrogen-bond acceptors (Lipinski definition) is 3. The third-order valence-electron chi connectivity index (χ3n) is 17.5. The lowest BCUT2D eigenvalue weighted by molar-refractivity contribution is 0.280. The van der Waals surface area contributed by atoms with E-state index in [0.29, 0.717) is 35.5 Å². The van der Waals surface area contributed by atoms with Crippen LogP contribution >= 0.6 is 8.60 Å². The molecule has 70 heavy (non-hydrogen) atoms. The molecule has 392 valence electrons. The minimum atomic E-state index is -1.84. The summed E-state index contributed by atoms with van der Waals surface area (Å²) in [5.74, 6) is 6.58. The molecule has 0 radical (unpaired) electrons. The molecule has 0 heterocycles. The van der Waals surface area contributed by atoms with Crippen molar-refractivity contribution in [2.75, 3.05) is 0 Å². The summed E-state index contributed by atoms with van der Waals surface area (Å²) in [6.45, 7) is 6.98. The van der Waals surface area contributed by atoms with Crippen molar-refractivity contribution in [1.82, 2.24) is 0 Å². The molecule has 3 saturated carbocycles. The van der Waals surface area contributed by atoms with Crippen LogP contribution in [0.5, 0.6) is 17.2 Å². The van der Waals surface area contributed by atoms with Gasteiger partial charge < -0.3 is 13.6 Å². The van der Waals surface area contributed by atoms with Gasteiger partial charge in [0.05, 0.1) is 0 Å². The van der Waals surface area contributed by atoms with Crippen LogP contribution in [0.15, 0.2) is 72.8 Å². The lowest BCUT2D eigenvalue weighted by Gasteiger charge is -2.34. The van der Waals surface area contributed by atoms with Crippen molar-refractivity contribution in [3.05, 3.63) is 89.5 Å². The number of unbranched alkanes of at least 4 members (excludes halogenated alkanes) is 18. The van der Waals surface area contributed by atoms with E-state index in [1.165, 1.54) is 267 Å². The smallest absolute Gasteiger partial charge is 0.408 e. The largest absolute Gasteiger partial charge is 0.530 e. The van der Waals surface area contributed by atoms with Crippen LogP contribution in [-0.4, -0.2) is 0 Å². The Bertz CT molecular complexity index is 1550. The van der Waals surface area contributed by atoms with Crippen LogP contribution in [0.25, 0.3) is 0 Å². The van der Waals surface area contributed by atoms with Crippen LogP contribution in [0.2, 0.25) is 0 Å². The summed E-state index contributed by atoms with van der Waals surface area (Å²) >= 11 is 0. The number of hydrogen-bond donors (Lipinski definition) is 0. The van der Waals surface area contributed by atoms with Gasteiger partial charge in [0.2, 0.25) is 0 Å². The zero-order valence-electron chi connectivity index (χ0n) is 45.6. The molecule has 3 nitrogen and oxygen atoms in total. The molecule has 3 aliphatic carbocycles. The highest BCUT2D eigenvalue weighted by Gasteiger charge is 2.34. The molecule has 3 atom stereocenters. The van der Waals surface area contributed by atoms with E-state index < -0.39 is 8.60 Å². The van der Waals surface area contributed by atoms with Gasteiger partial charge in [-0.05, 0) is 128 Å². The van der Waals surface area contributed by atoms with E-state index in [2.05, 4.69) is 93.6 Å². The molecule has 6 rings (SSSR count). The van der Waals surface area contributed by atoms with Gasteiger partial charge in [0.1, 0.15) is 17.2 Å². The molecule has 0 amide bonds. The zero-order valence-corrected chi connectivity index (χ0v) is 46.5. The first-order valence-corrected chi connectivity index (χ1v) is 31.9. The summed E-state index contributed by atoms with van der Waals surface area (Å²) in [5.41, 5.74) is 4.17. The maximum atomic E-state index is 7.47. The molecule has 3 aromatic carbocycles. The standard InChI is InChI=1S/C66H105O3P/c1-4-7-10-13-16-19-31-46-58(55-40-25-22-26-41-55)61-49-34-37-52-64(61)67-70(68-65-53-38-35-50-62(65)59(56-42-27-23-28-43-56)47-32-20-17-14-11-8-5-2)69-66-54-39-36-51-63(66)60(57-44-29-24-30-45-57)48-33-21-18-15-12-9-6-3/h34-39,49-60H,4-33,40-48H2,1-3H3. The predicted molar refractivity (Wildman–Crippen MR) is 304 cm³/mol. The van der Waals surface area contributed by atoms with Gasteiger partial charge in [-0.25, -0.2) is 0 Å². The number of rotatable bonds is 36. The van der Waals surface area contributed by atoms with Crippen molar-refractivity contribution in [2.24, 2.45) is 17.8 Å². The fraction of sp³-hybridized carbons (Fsp3) is 0.727. The van der Waals surface area contributed by atoms with Gasteiger partial charge in [0, 0.05) is 0 Å². The summed E-state index contributed by atoms with van der Waals surface area (Å²) < 4.78 is 22.4. The Labute approximate surface area is 433 Å². The second-order valence-corrected chi connectivity index (χ2v) is 23.8. The van der Waals surface area contributed by atoms with Crippen molar-refractivity contribution in [3.8, 4) is 17.2 Å². The molecule has 0 bridgehead atoms. The normalized spacial score (nSPS) is 18.0. The van der Waals surface area contributed by atoms with E-state index in [1.807, 2.05) is 0 Å². The molecule has 3 aliphatic rings.